The van der Waals surface area contributed by atoms with Crippen LogP contribution in [-0.2, 0) is 16.2 Å². The van der Waals surface area contributed by atoms with Gasteiger partial charge >= 0.3 is 6.18 Å². The van der Waals surface area contributed by atoms with Crippen molar-refractivity contribution in [3.8, 4) is 11.8 Å². The molecule has 6 nitrogen and oxygen atoms in total. The van der Waals surface area contributed by atoms with E-state index in [-0.39, 0.29) is 30.9 Å². The summed E-state index contributed by atoms with van der Waals surface area (Å²) in [6.45, 7) is -0.194. The first kappa shape index (κ1) is 23.9. The lowest BCUT2D eigenvalue weighted by atomic mass is 10.2. The van der Waals surface area contributed by atoms with E-state index >= 15 is 0 Å². The van der Waals surface area contributed by atoms with Gasteiger partial charge in [0.05, 0.1) is 16.1 Å². The molecule has 0 amide bonds. The molecule has 1 atom stereocenters. The molecule has 0 spiro atoms. The fourth-order valence-corrected chi connectivity index (χ4v) is 3.90. The lowest BCUT2D eigenvalue weighted by Gasteiger charge is -2.15. The van der Waals surface area contributed by atoms with E-state index < -0.39 is 43.5 Å². The van der Waals surface area contributed by atoms with E-state index in [0.717, 1.165) is 12.1 Å². The fraction of sp³-hybridized carbons (Fsp3) is 0.278. The van der Waals surface area contributed by atoms with Gasteiger partial charge in [-0.05, 0) is 36.8 Å². The Hall–Kier alpha value is -2.39. The maximum atomic E-state index is 13.5. The Balaban J connectivity index is 1.89. The fourth-order valence-electron chi connectivity index (χ4n) is 2.31. The zero-order valence-corrected chi connectivity index (χ0v) is 16.8. The molecule has 0 bridgehead atoms. The third kappa shape index (κ3) is 6.30. The van der Waals surface area contributed by atoms with Gasteiger partial charge in [0.25, 0.3) is 0 Å². The van der Waals surface area contributed by atoms with Crippen LogP contribution < -0.4 is 15.2 Å². The molecule has 2 rings (SSSR count). The Morgan fingerprint density at radius 1 is 1.23 bits per heavy atom. The number of hydrogen-bond acceptors (Lipinski definition) is 5. The molecule has 0 fully saturated rings. The Morgan fingerprint density at radius 3 is 2.50 bits per heavy atom. The molecule has 12 heteroatoms. The van der Waals surface area contributed by atoms with Crippen LogP contribution in [0.25, 0.3) is 0 Å². The summed E-state index contributed by atoms with van der Waals surface area (Å²) in [4.78, 5) is -0.491. The van der Waals surface area contributed by atoms with Crippen molar-refractivity contribution in [1.82, 2.24) is 4.72 Å². The second-order valence-electron chi connectivity index (χ2n) is 6.15. The summed E-state index contributed by atoms with van der Waals surface area (Å²) in [7, 11) is -4.16. The molecule has 162 valence electrons. The number of nitrogens with two attached hydrogens (primary N) is 1. The molecule has 0 radical (unpaired) electrons. The normalized spacial score (nSPS) is 13.0. The number of ether oxygens (including phenoxy) is 1. The van der Waals surface area contributed by atoms with Gasteiger partial charge < -0.3 is 10.5 Å². The molecule has 2 aromatic carbocycles. The predicted molar refractivity (Wildman–Crippen MR) is 101 cm³/mol. The Morgan fingerprint density at radius 2 is 1.93 bits per heavy atom. The smallest absolute Gasteiger partial charge is 0.416 e. The molecular weight excluding hydrogens is 450 g/mol. The number of sulfonamides is 1. The molecule has 0 saturated heterocycles. The van der Waals surface area contributed by atoms with Crippen molar-refractivity contribution >= 4 is 21.6 Å². The quantitative estimate of drug-likeness (QED) is 0.581. The highest BCUT2D eigenvalue weighted by molar-refractivity contribution is 7.89. The molecule has 30 heavy (non-hydrogen) atoms. The van der Waals surface area contributed by atoms with Crippen LogP contribution in [0, 0.1) is 17.1 Å². The Bertz CT molecular complexity index is 1060. The van der Waals surface area contributed by atoms with Gasteiger partial charge in [0.1, 0.15) is 29.1 Å². The van der Waals surface area contributed by atoms with Gasteiger partial charge in [-0.2, -0.15) is 18.4 Å². The summed E-state index contributed by atoms with van der Waals surface area (Å²) in [5.41, 5.74) is 4.62. The highest BCUT2D eigenvalue weighted by Crippen LogP contribution is 2.33. The standard InChI is InChI=1S/C18H16ClF4N3O3S/c19-15-7-12(18(21,22)23)2-4-17(15)30(27,28)26-6-5-13(25)10-29-14-3-1-11(9-24)16(20)8-14/h1-4,7-8,13,26H,5-6,10,25H2/t13-/m0/s1. The van der Waals surface area contributed by atoms with Crippen LogP contribution in [0.15, 0.2) is 41.3 Å². The van der Waals surface area contributed by atoms with E-state index in [1.807, 2.05) is 0 Å². The molecule has 0 heterocycles. The number of halogens is 5. The van der Waals surface area contributed by atoms with E-state index in [0.29, 0.717) is 12.1 Å². The van der Waals surface area contributed by atoms with Crippen LogP contribution in [0.5, 0.6) is 5.75 Å². The van der Waals surface area contributed by atoms with Crippen LogP contribution >= 0.6 is 11.6 Å². The number of nitrogens with zero attached hydrogens (tertiary/aromatic N) is 1. The number of nitrogens with one attached hydrogen (secondary N) is 1. The number of hydrogen-bond donors (Lipinski definition) is 2. The predicted octanol–water partition coefficient (Wildman–Crippen LogP) is 3.44. The van der Waals surface area contributed by atoms with Crippen molar-refractivity contribution in [2.24, 2.45) is 5.73 Å². The Labute approximate surface area is 175 Å². The number of alkyl halides is 3. The van der Waals surface area contributed by atoms with Crippen LogP contribution in [0.3, 0.4) is 0 Å². The van der Waals surface area contributed by atoms with Crippen LogP contribution in [0.2, 0.25) is 5.02 Å². The number of nitriles is 1. The molecule has 0 aliphatic rings. The molecular formula is C18H16ClF4N3O3S. The average Bonchev–Trinajstić information content (AvgIpc) is 2.65. The summed E-state index contributed by atoms with van der Waals surface area (Å²) in [6, 6.07) is 6.64. The van der Waals surface area contributed by atoms with Crippen molar-refractivity contribution in [1.29, 1.82) is 5.26 Å². The lowest BCUT2D eigenvalue weighted by Crippen LogP contribution is -2.34. The Kier molecular flexibility index (Phi) is 7.65. The van der Waals surface area contributed by atoms with Gasteiger partial charge in [0.2, 0.25) is 10.0 Å². The topological polar surface area (TPSA) is 105 Å². The van der Waals surface area contributed by atoms with Gasteiger partial charge in [0.15, 0.2) is 0 Å². The molecule has 0 aliphatic heterocycles. The van der Waals surface area contributed by atoms with Crippen molar-refractivity contribution in [2.75, 3.05) is 13.2 Å². The maximum Gasteiger partial charge on any atom is 0.416 e. The number of rotatable bonds is 8. The molecule has 3 N–H and O–H groups in total. The van der Waals surface area contributed by atoms with Crippen LogP contribution in [0.4, 0.5) is 17.6 Å². The maximum absolute atomic E-state index is 13.5. The summed E-state index contributed by atoms with van der Waals surface area (Å²) >= 11 is 5.70. The first-order valence-electron chi connectivity index (χ1n) is 8.38. The van der Waals surface area contributed by atoms with Crippen molar-refractivity contribution in [3.63, 3.8) is 0 Å². The van der Waals surface area contributed by atoms with Crippen molar-refractivity contribution < 1.29 is 30.7 Å². The monoisotopic (exact) mass is 465 g/mol. The summed E-state index contributed by atoms with van der Waals surface area (Å²) in [5.74, 6) is -0.594. The SMILES string of the molecule is N#Cc1ccc(OC[C@@H](N)CCNS(=O)(=O)c2ccc(C(F)(F)F)cc2Cl)cc1F. The molecule has 0 aliphatic carbocycles. The third-order valence-corrected chi connectivity index (χ3v) is 5.82. The zero-order chi connectivity index (χ0) is 22.5. The summed E-state index contributed by atoms with van der Waals surface area (Å²) < 4.78 is 83.5. The minimum Gasteiger partial charge on any atom is -0.492 e. The van der Waals surface area contributed by atoms with Crippen molar-refractivity contribution in [2.45, 2.75) is 23.5 Å². The van der Waals surface area contributed by atoms with Gasteiger partial charge in [0, 0.05) is 18.7 Å². The molecule has 0 saturated carbocycles. The van der Waals surface area contributed by atoms with E-state index in [2.05, 4.69) is 4.72 Å². The van der Waals surface area contributed by atoms with Crippen LogP contribution in [0.1, 0.15) is 17.5 Å². The average molecular weight is 466 g/mol. The van der Waals surface area contributed by atoms with Crippen LogP contribution in [-0.4, -0.2) is 27.6 Å². The zero-order valence-electron chi connectivity index (χ0n) is 15.2. The van der Waals surface area contributed by atoms with Gasteiger partial charge in [-0.3, -0.25) is 0 Å². The second kappa shape index (κ2) is 9.61. The van der Waals surface area contributed by atoms with Gasteiger partial charge in [-0.1, -0.05) is 11.6 Å². The highest BCUT2D eigenvalue weighted by Gasteiger charge is 2.32. The van der Waals surface area contributed by atoms with Gasteiger partial charge in [-0.25, -0.2) is 17.5 Å². The van der Waals surface area contributed by atoms with E-state index in [1.54, 1.807) is 6.07 Å². The minimum atomic E-state index is -4.65. The molecule has 0 aromatic heterocycles. The largest absolute Gasteiger partial charge is 0.492 e. The summed E-state index contributed by atoms with van der Waals surface area (Å²) in [5, 5.41) is 8.11. The highest BCUT2D eigenvalue weighted by atomic mass is 35.5. The lowest BCUT2D eigenvalue weighted by molar-refractivity contribution is -0.137. The summed E-state index contributed by atoms with van der Waals surface area (Å²) in [6.07, 6.45) is -4.53. The van der Waals surface area contributed by atoms with Crippen molar-refractivity contribution in [3.05, 3.63) is 58.4 Å². The second-order valence-corrected chi connectivity index (χ2v) is 8.30. The first-order chi connectivity index (χ1) is 13.9. The molecule has 2 aromatic rings. The van der Waals surface area contributed by atoms with Gasteiger partial charge in [-0.15, -0.1) is 0 Å². The molecule has 0 unspecified atom stereocenters. The number of benzene rings is 2. The van der Waals surface area contributed by atoms with E-state index in [1.165, 1.54) is 12.1 Å². The minimum absolute atomic E-state index is 0.0614. The first-order valence-corrected chi connectivity index (χ1v) is 10.2. The third-order valence-electron chi connectivity index (χ3n) is 3.88. The van der Waals surface area contributed by atoms with E-state index in [4.69, 9.17) is 27.3 Å². The van der Waals surface area contributed by atoms with E-state index in [9.17, 15) is 26.0 Å².